The molecule has 1 atom stereocenters. The van der Waals surface area contributed by atoms with Gasteiger partial charge in [0.1, 0.15) is 0 Å². The minimum Gasteiger partial charge on any atom is -0.481 e. The third-order valence-electron chi connectivity index (χ3n) is 3.53. The van der Waals surface area contributed by atoms with E-state index in [2.05, 4.69) is 0 Å². The van der Waals surface area contributed by atoms with Crippen LogP contribution in [0.1, 0.15) is 32.1 Å². The molecule has 0 aromatic carbocycles. The van der Waals surface area contributed by atoms with Gasteiger partial charge in [0.25, 0.3) is 0 Å². The number of likely N-dealkylation sites (tertiary alicyclic amines) is 1. The third-order valence-corrected chi connectivity index (χ3v) is 3.53. The Morgan fingerprint density at radius 2 is 2.05 bits per heavy atom. The van der Waals surface area contributed by atoms with E-state index in [-0.39, 0.29) is 12.3 Å². The molecule has 0 spiro atoms. The lowest BCUT2D eigenvalue weighted by atomic mass is 9.93. The normalized spacial score (nSPS) is 19.1. The van der Waals surface area contributed by atoms with Crippen molar-refractivity contribution < 1.29 is 24.2 Å². The highest BCUT2D eigenvalue weighted by Crippen LogP contribution is 2.21. The van der Waals surface area contributed by atoms with Gasteiger partial charge in [0.05, 0.1) is 26.2 Å². The first-order valence-electron chi connectivity index (χ1n) is 7.19. The van der Waals surface area contributed by atoms with Crippen LogP contribution in [0.4, 0.5) is 0 Å². The Morgan fingerprint density at radius 1 is 1.25 bits per heavy atom. The molecule has 1 rings (SSSR count). The van der Waals surface area contributed by atoms with Gasteiger partial charge < -0.3 is 19.5 Å². The Hall–Kier alpha value is -1.14. The zero-order valence-electron chi connectivity index (χ0n) is 12.2. The van der Waals surface area contributed by atoms with Crippen molar-refractivity contribution in [3.63, 3.8) is 0 Å². The minimum atomic E-state index is -0.764. The van der Waals surface area contributed by atoms with Gasteiger partial charge in [0.2, 0.25) is 5.91 Å². The molecule has 0 bridgehead atoms. The fourth-order valence-corrected chi connectivity index (χ4v) is 2.42. The lowest BCUT2D eigenvalue weighted by molar-refractivity contribution is -0.137. The topological polar surface area (TPSA) is 76.1 Å². The van der Waals surface area contributed by atoms with Crippen LogP contribution in [0.15, 0.2) is 0 Å². The number of aliphatic carboxylic acids is 1. The number of ether oxygens (including phenoxy) is 2. The van der Waals surface area contributed by atoms with E-state index >= 15 is 0 Å². The standard InChI is InChI=1S/C14H25NO5/c1-19-9-10-20-8-6-13(16)15-7-2-3-12(11-15)4-5-14(17)18/h12H,2-11H2,1H3,(H,17,18). The van der Waals surface area contributed by atoms with Crippen molar-refractivity contribution >= 4 is 11.9 Å². The highest BCUT2D eigenvalue weighted by molar-refractivity contribution is 5.76. The van der Waals surface area contributed by atoms with Crippen molar-refractivity contribution in [2.45, 2.75) is 32.1 Å². The Labute approximate surface area is 120 Å². The number of amides is 1. The maximum atomic E-state index is 12.0. The Balaban J connectivity index is 2.20. The van der Waals surface area contributed by atoms with Crippen LogP contribution in [0.2, 0.25) is 0 Å². The van der Waals surface area contributed by atoms with Crippen LogP contribution in [0.25, 0.3) is 0 Å². The van der Waals surface area contributed by atoms with E-state index in [1.165, 1.54) is 0 Å². The summed E-state index contributed by atoms with van der Waals surface area (Å²) in [5, 5.41) is 8.70. The molecule has 0 radical (unpaired) electrons. The number of carbonyl (C=O) groups excluding carboxylic acids is 1. The summed E-state index contributed by atoms with van der Waals surface area (Å²) >= 11 is 0. The van der Waals surface area contributed by atoms with Crippen molar-refractivity contribution in [2.24, 2.45) is 5.92 Å². The van der Waals surface area contributed by atoms with Crippen LogP contribution in [-0.4, -0.2) is 61.9 Å². The molecule has 0 aromatic heterocycles. The maximum Gasteiger partial charge on any atom is 0.303 e. The summed E-state index contributed by atoms with van der Waals surface area (Å²) < 4.78 is 10.1. The Morgan fingerprint density at radius 3 is 2.75 bits per heavy atom. The lowest BCUT2D eigenvalue weighted by Crippen LogP contribution is -2.40. The molecule has 6 heteroatoms. The lowest BCUT2D eigenvalue weighted by Gasteiger charge is -2.32. The summed E-state index contributed by atoms with van der Waals surface area (Å²) in [5.74, 6) is -0.347. The first-order valence-corrected chi connectivity index (χ1v) is 7.19. The number of rotatable bonds is 9. The Bertz CT molecular complexity index is 308. The molecule has 1 aliphatic rings. The van der Waals surface area contributed by atoms with Gasteiger partial charge >= 0.3 is 5.97 Å². The molecular formula is C14H25NO5. The van der Waals surface area contributed by atoms with Crippen molar-refractivity contribution in [3.8, 4) is 0 Å². The number of carbonyl (C=O) groups is 2. The van der Waals surface area contributed by atoms with Gasteiger partial charge in [-0.15, -0.1) is 0 Å². The van der Waals surface area contributed by atoms with Crippen molar-refractivity contribution in [1.29, 1.82) is 0 Å². The molecule has 0 aliphatic carbocycles. The molecule has 1 aliphatic heterocycles. The van der Waals surface area contributed by atoms with Crippen LogP contribution in [0.5, 0.6) is 0 Å². The highest BCUT2D eigenvalue weighted by Gasteiger charge is 2.23. The third kappa shape index (κ3) is 6.86. The van der Waals surface area contributed by atoms with E-state index in [0.717, 1.165) is 19.4 Å². The summed E-state index contributed by atoms with van der Waals surface area (Å²) in [6, 6.07) is 0. The van der Waals surface area contributed by atoms with Gasteiger partial charge in [0.15, 0.2) is 0 Å². The maximum absolute atomic E-state index is 12.0. The van der Waals surface area contributed by atoms with Gasteiger partial charge in [-0.2, -0.15) is 0 Å². The number of carboxylic acid groups (broad SMARTS) is 1. The first-order chi connectivity index (χ1) is 9.63. The second kappa shape index (κ2) is 9.72. The average molecular weight is 287 g/mol. The fourth-order valence-electron chi connectivity index (χ4n) is 2.42. The molecule has 0 aromatic rings. The molecule has 1 saturated heterocycles. The van der Waals surface area contributed by atoms with Crippen LogP contribution < -0.4 is 0 Å². The molecule has 1 fully saturated rings. The van der Waals surface area contributed by atoms with Gasteiger partial charge in [-0.3, -0.25) is 9.59 Å². The van der Waals surface area contributed by atoms with Gasteiger partial charge in [-0.05, 0) is 25.2 Å². The van der Waals surface area contributed by atoms with E-state index in [4.69, 9.17) is 14.6 Å². The number of hydrogen-bond donors (Lipinski definition) is 1. The molecule has 1 unspecified atom stereocenters. The highest BCUT2D eigenvalue weighted by atomic mass is 16.5. The second-order valence-corrected chi connectivity index (χ2v) is 5.14. The molecule has 116 valence electrons. The SMILES string of the molecule is COCCOCCC(=O)N1CCCC(CCC(=O)O)C1. The predicted octanol–water partition coefficient (Wildman–Crippen LogP) is 1.14. The molecule has 1 heterocycles. The quantitative estimate of drug-likeness (QED) is 0.644. The van der Waals surface area contributed by atoms with Gasteiger partial charge in [-0.25, -0.2) is 0 Å². The number of carboxylic acids is 1. The Kier molecular flexibility index (Phi) is 8.22. The van der Waals surface area contributed by atoms with E-state index in [1.54, 1.807) is 7.11 Å². The predicted molar refractivity (Wildman–Crippen MR) is 73.5 cm³/mol. The smallest absolute Gasteiger partial charge is 0.303 e. The van der Waals surface area contributed by atoms with Gasteiger partial charge in [0, 0.05) is 26.6 Å². The van der Waals surface area contributed by atoms with Crippen LogP contribution >= 0.6 is 0 Å². The summed E-state index contributed by atoms with van der Waals surface area (Å²) in [5.41, 5.74) is 0. The van der Waals surface area contributed by atoms with E-state index < -0.39 is 5.97 Å². The first kappa shape index (κ1) is 16.9. The minimum absolute atomic E-state index is 0.0995. The van der Waals surface area contributed by atoms with E-state index in [9.17, 15) is 9.59 Å². The van der Waals surface area contributed by atoms with Crippen molar-refractivity contribution in [2.75, 3.05) is 40.0 Å². The molecule has 1 amide bonds. The largest absolute Gasteiger partial charge is 0.481 e. The summed E-state index contributed by atoms with van der Waals surface area (Å²) in [7, 11) is 1.61. The summed E-state index contributed by atoms with van der Waals surface area (Å²) in [4.78, 5) is 24.4. The fraction of sp³-hybridized carbons (Fsp3) is 0.857. The number of methoxy groups -OCH3 is 1. The zero-order valence-corrected chi connectivity index (χ0v) is 12.2. The average Bonchev–Trinajstić information content (AvgIpc) is 2.45. The molecular weight excluding hydrogens is 262 g/mol. The monoisotopic (exact) mass is 287 g/mol. The van der Waals surface area contributed by atoms with Crippen LogP contribution in [0.3, 0.4) is 0 Å². The van der Waals surface area contributed by atoms with E-state index in [0.29, 0.717) is 45.1 Å². The number of piperidine rings is 1. The summed E-state index contributed by atoms with van der Waals surface area (Å²) in [6.45, 7) is 2.92. The number of hydrogen-bond acceptors (Lipinski definition) is 4. The second-order valence-electron chi connectivity index (χ2n) is 5.14. The van der Waals surface area contributed by atoms with E-state index in [1.807, 2.05) is 4.90 Å². The van der Waals surface area contributed by atoms with Crippen LogP contribution in [-0.2, 0) is 19.1 Å². The molecule has 1 N–H and O–H groups in total. The van der Waals surface area contributed by atoms with Crippen molar-refractivity contribution in [1.82, 2.24) is 4.90 Å². The summed E-state index contributed by atoms with van der Waals surface area (Å²) in [6.07, 6.45) is 3.20. The number of nitrogens with zero attached hydrogens (tertiary/aromatic N) is 1. The molecule has 0 saturated carbocycles. The zero-order chi connectivity index (χ0) is 14.8. The van der Waals surface area contributed by atoms with Crippen molar-refractivity contribution in [3.05, 3.63) is 0 Å². The van der Waals surface area contributed by atoms with Gasteiger partial charge in [-0.1, -0.05) is 0 Å². The molecule has 6 nitrogen and oxygen atoms in total. The molecule has 20 heavy (non-hydrogen) atoms. The van der Waals surface area contributed by atoms with Crippen LogP contribution in [0, 0.1) is 5.92 Å².